The third kappa shape index (κ3) is 3.61. The van der Waals surface area contributed by atoms with Crippen molar-refractivity contribution in [1.29, 1.82) is 0 Å². The van der Waals surface area contributed by atoms with Crippen LogP contribution in [-0.4, -0.2) is 58.7 Å². The molecule has 102 valence electrons. The molecule has 0 aromatic rings. The normalized spacial score (nSPS) is 20.6. The van der Waals surface area contributed by atoms with E-state index in [4.69, 9.17) is 10.8 Å². The van der Waals surface area contributed by atoms with Gasteiger partial charge in [0.25, 0.3) is 0 Å². The van der Waals surface area contributed by atoms with Crippen LogP contribution in [0.25, 0.3) is 0 Å². The van der Waals surface area contributed by atoms with Crippen molar-refractivity contribution in [2.45, 2.75) is 24.9 Å². The van der Waals surface area contributed by atoms with Gasteiger partial charge in [-0.25, -0.2) is 4.79 Å². The molecule has 1 saturated heterocycles. The molecule has 2 atom stereocenters. The molecule has 1 aliphatic rings. The van der Waals surface area contributed by atoms with Crippen LogP contribution >= 0.6 is 12.6 Å². The first-order valence-corrected chi connectivity index (χ1v) is 6.27. The predicted molar refractivity (Wildman–Crippen MR) is 67.2 cm³/mol. The van der Waals surface area contributed by atoms with E-state index < -0.39 is 29.9 Å². The standard InChI is InChI=1S/C10H17N3O4S/c11-6(5-18)9(15)12-4-8(14)13-3-1-2-7(13)10(16)17/h6-7,18H,1-5,11H2,(H,12,15)(H,16,17)/t6-,7+/m0/s1. The Morgan fingerprint density at radius 3 is 2.72 bits per heavy atom. The molecule has 0 saturated carbocycles. The van der Waals surface area contributed by atoms with Gasteiger partial charge in [0, 0.05) is 12.3 Å². The Morgan fingerprint density at radius 2 is 2.17 bits per heavy atom. The second-order valence-corrected chi connectivity index (χ2v) is 4.46. The van der Waals surface area contributed by atoms with Gasteiger partial charge in [-0.2, -0.15) is 12.6 Å². The first-order chi connectivity index (χ1) is 8.47. The molecule has 1 fully saturated rings. The second-order valence-electron chi connectivity index (χ2n) is 4.09. The van der Waals surface area contributed by atoms with E-state index in [0.29, 0.717) is 19.4 Å². The highest BCUT2D eigenvalue weighted by Gasteiger charge is 2.33. The summed E-state index contributed by atoms with van der Waals surface area (Å²) in [5, 5.41) is 11.3. The molecule has 0 aromatic heterocycles. The summed E-state index contributed by atoms with van der Waals surface area (Å²) >= 11 is 3.87. The molecule has 7 nitrogen and oxygen atoms in total. The van der Waals surface area contributed by atoms with Crippen molar-refractivity contribution in [1.82, 2.24) is 10.2 Å². The van der Waals surface area contributed by atoms with Crippen molar-refractivity contribution in [3.05, 3.63) is 0 Å². The van der Waals surface area contributed by atoms with Gasteiger partial charge in [0.1, 0.15) is 6.04 Å². The Labute approximate surface area is 110 Å². The maximum Gasteiger partial charge on any atom is 0.326 e. The SMILES string of the molecule is N[C@@H](CS)C(=O)NCC(=O)N1CCC[C@@H]1C(=O)O. The summed E-state index contributed by atoms with van der Waals surface area (Å²) in [5.41, 5.74) is 5.42. The lowest BCUT2D eigenvalue weighted by Gasteiger charge is -2.21. The van der Waals surface area contributed by atoms with Crippen LogP contribution in [0.3, 0.4) is 0 Å². The van der Waals surface area contributed by atoms with Crippen molar-refractivity contribution < 1.29 is 19.5 Å². The fourth-order valence-corrected chi connectivity index (χ4v) is 1.97. The number of carbonyl (C=O) groups excluding carboxylic acids is 2. The van der Waals surface area contributed by atoms with Gasteiger partial charge in [-0.3, -0.25) is 9.59 Å². The van der Waals surface area contributed by atoms with E-state index in [1.165, 1.54) is 4.90 Å². The van der Waals surface area contributed by atoms with Gasteiger partial charge in [0.05, 0.1) is 12.6 Å². The highest BCUT2D eigenvalue weighted by Crippen LogP contribution is 2.17. The zero-order valence-corrected chi connectivity index (χ0v) is 10.7. The predicted octanol–water partition coefficient (Wildman–Crippen LogP) is -1.56. The first kappa shape index (κ1) is 14.8. The van der Waals surface area contributed by atoms with Crippen molar-refractivity contribution in [3.63, 3.8) is 0 Å². The molecule has 4 N–H and O–H groups in total. The summed E-state index contributed by atoms with van der Waals surface area (Å²) in [7, 11) is 0. The van der Waals surface area contributed by atoms with Gasteiger partial charge in [-0.05, 0) is 12.8 Å². The molecule has 18 heavy (non-hydrogen) atoms. The quantitative estimate of drug-likeness (QED) is 0.453. The van der Waals surface area contributed by atoms with Crippen LogP contribution in [-0.2, 0) is 14.4 Å². The number of likely N-dealkylation sites (tertiary alicyclic amines) is 1. The van der Waals surface area contributed by atoms with E-state index in [9.17, 15) is 14.4 Å². The van der Waals surface area contributed by atoms with Crippen LogP contribution in [0.4, 0.5) is 0 Å². The monoisotopic (exact) mass is 275 g/mol. The van der Waals surface area contributed by atoms with E-state index in [1.807, 2.05) is 0 Å². The first-order valence-electron chi connectivity index (χ1n) is 5.63. The molecule has 0 aromatic carbocycles. The number of nitrogens with one attached hydrogen (secondary N) is 1. The third-order valence-electron chi connectivity index (χ3n) is 2.81. The second kappa shape index (κ2) is 6.60. The van der Waals surface area contributed by atoms with Crippen molar-refractivity contribution in [2.75, 3.05) is 18.8 Å². The number of nitrogens with two attached hydrogens (primary N) is 1. The number of rotatable bonds is 5. The molecule has 1 rings (SSSR count). The molecule has 0 aliphatic carbocycles. The van der Waals surface area contributed by atoms with Gasteiger partial charge < -0.3 is 21.1 Å². The molecular formula is C10H17N3O4S. The van der Waals surface area contributed by atoms with Gasteiger partial charge in [-0.15, -0.1) is 0 Å². The molecule has 0 unspecified atom stereocenters. The van der Waals surface area contributed by atoms with E-state index in [2.05, 4.69) is 17.9 Å². The Balaban J connectivity index is 2.46. The summed E-state index contributed by atoms with van der Waals surface area (Å²) in [6.07, 6.45) is 1.11. The van der Waals surface area contributed by atoms with Crippen LogP contribution < -0.4 is 11.1 Å². The number of aliphatic carboxylic acids is 1. The Hall–Kier alpha value is -1.28. The largest absolute Gasteiger partial charge is 0.480 e. The summed E-state index contributed by atoms with van der Waals surface area (Å²) in [4.78, 5) is 35.3. The lowest BCUT2D eigenvalue weighted by atomic mass is 10.2. The maximum atomic E-state index is 11.8. The van der Waals surface area contributed by atoms with Gasteiger partial charge in [0.2, 0.25) is 11.8 Å². The molecule has 1 heterocycles. The molecule has 0 radical (unpaired) electrons. The van der Waals surface area contributed by atoms with Crippen molar-refractivity contribution in [2.24, 2.45) is 5.73 Å². The summed E-state index contributed by atoms with van der Waals surface area (Å²) in [5.74, 6) is -1.70. The molecule has 2 amide bonds. The van der Waals surface area contributed by atoms with Crippen LogP contribution in [0, 0.1) is 0 Å². The third-order valence-corrected chi connectivity index (χ3v) is 3.20. The van der Waals surface area contributed by atoms with Crippen LogP contribution in [0.1, 0.15) is 12.8 Å². The summed E-state index contributed by atoms with van der Waals surface area (Å²) < 4.78 is 0. The topological polar surface area (TPSA) is 113 Å². The lowest BCUT2D eigenvalue weighted by Crippen LogP contribution is -2.49. The van der Waals surface area contributed by atoms with E-state index in [1.54, 1.807) is 0 Å². The number of carboxylic acid groups (broad SMARTS) is 1. The Bertz CT molecular complexity index is 350. The van der Waals surface area contributed by atoms with E-state index in [0.717, 1.165) is 0 Å². The highest BCUT2D eigenvalue weighted by atomic mass is 32.1. The molecule has 0 spiro atoms. The zero-order chi connectivity index (χ0) is 13.7. The van der Waals surface area contributed by atoms with Crippen LogP contribution in [0.5, 0.6) is 0 Å². The van der Waals surface area contributed by atoms with Gasteiger partial charge in [-0.1, -0.05) is 0 Å². The average Bonchev–Trinajstić information content (AvgIpc) is 2.83. The fourth-order valence-electron chi connectivity index (χ4n) is 1.80. The fraction of sp³-hybridized carbons (Fsp3) is 0.700. The smallest absolute Gasteiger partial charge is 0.326 e. The van der Waals surface area contributed by atoms with Crippen LogP contribution in [0.15, 0.2) is 0 Å². The van der Waals surface area contributed by atoms with Crippen LogP contribution in [0.2, 0.25) is 0 Å². The minimum absolute atomic E-state index is 0.182. The minimum Gasteiger partial charge on any atom is -0.480 e. The number of carboxylic acids is 1. The molecule has 8 heteroatoms. The summed E-state index contributed by atoms with van der Waals surface area (Å²) in [6, 6.07) is -1.55. The average molecular weight is 275 g/mol. The van der Waals surface area contributed by atoms with Gasteiger partial charge in [0.15, 0.2) is 0 Å². The minimum atomic E-state index is -1.01. The summed E-state index contributed by atoms with van der Waals surface area (Å²) in [6.45, 7) is 0.175. The number of hydrogen-bond acceptors (Lipinski definition) is 5. The van der Waals surface area contributed by atoms with Crippen molar-refractivity contribution >= 4 is 30.4 Å². The van der Waals surface area contributed by atoms with Crippen molar-refractivity contribution in [3.8, 4) is 0 Å². The number of hydrogen-bond donors (Lipinski definition) is 4. The number of thiol groups is 1. The Morgan fingerprint density at radius 1 is 1.50 bits per heavy atom. The van der Waals surface area contributed by atoms with E-state index >= 15 is 0 Å². The molecule has 0 bridgehead atoms. The number of nitrogens with zero attached hydrogens (tertiary/aromatic N) is 1. The maximum absolute atomic E-state index is 11.8. The Kier molecular flexibility index (Phi) is 5.42. The van der Waals surface area contributed by atoms with E-state index in [-0.39, 0.29) is 12.3 Å². The molecular weight excluding hydrogens is 258 g/mol. The number of carbonyl (C=O) groups is 3. The zero-order valence-electron chi connectivity index (χ0n) is 9.83. The molecule has 1 aliphatic heterocycles. The lowest BCUT2D eigenvalue weighted by molar-refractivity contribution is -0.148. The highest BCUT2D eigenvalue weighted by molar-refractivity contribution is 7.80. The van der Waals surface area contributed by atoms with Gasteiger partial charge >= 0.3 is 5.97 Å². The number of amides is 2.